The van der Waals surface area contributed by atoms with Gasteiger partial charge in [-0.1, -0.05) is 15.9 Å². The fraction of sp³-hybridized carbons (Fsp3) is 0.154. The van der Waals surface area contributed by atoms with Gasteiger partial charge in [0.05, 0.1) is 11.4 Å². The first-order valence-electron chi connectivity index (χ1n) is 5.49. The van der Waals surface area contributed by atoms with E-state index in [-0.39, 0.29) is 11.5 Å². The molecular formula is C13H10BrFN4. The summed E-state index contributed by atoms with van der Waals surface area (Å²) in [6.45, 7) is 3.55. The summed E-state index contributed by atoms with van der Waals surface area (Å²) in [6.07, 6.45) is 0. The lowest BCUT2D eigenvalue weighted by Gasteiger charge is -2.10. The summed E-state index contributed by atoms with van der Waals surface area (Å²) in [5.74, 6) is -0.172. The zero-order chi connectivity index (χ0) is 14.0. The van der Waals surface area contributed by atoms with E-state index in [2.05, 4.69) is 37.5 Å². The maximum absolute atomic E-state index is 13.7. The first-order valence-corrected chi connectivity index (χ1v) is 6.28. The second-order valence-corrected chi connectivity index (χ2v) is 4.91. The Morgan fingerprint density at radius 1 is 1.32 bits per heavy atom. The van der Waals surface area contributed by atoms with E-state index in [1.54, 1.807) is 26.0 Å². The van der Waals surface area contributed by atoms with Crippen LogP contribution in [0, 0.1) is 31.0 Å². The zero-order valence-corrected chi connectivity index (χ0v) is 11.9. The standard InChI is InChI=1S/C13H10BrFN4/c1-7-8(2)18-19-13(10(7)6-16)17-12-5-9(14)3-4-11(12)15/h3-5H,1-2H3,(H,17,19). The Morgan fingerprint density at radius 3 is 2.74 bits per heavy atom. The van der Waals surface area contributed by atoms with Crippen LogP contribution in [0.4, 0.5) is 15.9 Å². The highest BCUT2D eigenvalue weighted by Gasteiger charge is 2.12. The second kappa shape index (κ2) is 5.33. The number of aromatic nitrogens is 2. The highest BCUT2D eigenvalue weighted by molar-refractivity contribution is 9.10. The molecule has 0 amide bonds. The Balaban J connectivity index is 2.47. The van der Waals surface area contributed by atoms with Crippen molar-refractivity contribution in [1.82, 2.24) is 10.2 Å². The molecule has 0 aliphatic heterocycles. The first kappa shape index (κ1) is 13.4. The maximum atomic E-state index is 13.7. The molecule has 0 aliphatic carbocycles. The fourth-order valence-electron chi connectivity index (χ4n) is 1.55. The molecule has 6 heteroatoms. The number of nitrogens with one attached hydrogen (secondary N) is 1. The molecule has 0 radical (unpaired) electrons. The lowest BCUT2D eigenvalue weighted by Crippen LogP contribution is -2.04. The predicted octanol–water partition coefficient (Wildman–Crippen LogP) is 3.61. The number of benzene rings is 1. The molecule has 0 aliphatic rings. The number of anilines is 2. The third-order valence-electron chi connectivity index (χ3n) is 2.75. The Morgan fingerprint density at radius 2 is 2.05 bits per heavy atom. The molecule has 1 N–H and O–H groups in total. The number of rotatable bonds is 2. The fourth-order valence-corrected chi connectivity index (χ4v) is 1.91. The van der Waals surface area contributed by atoms with Crippen molar-refractivity contribution < 1.29 is 4.39 Å². The van der Waals surface area contributed by atoms with Crippen LogP contribution in [0.5, 0.6) is 0 Å². The van der Waals surface area contributed by atoms with Crippen molar-refractivity contribution in [3.63, 3.8) is 0 Å². The van der Waals surface area contributed by atoms with Gasteiger partial charge in [0.1, 0.15) is 17.4 Å². The largest absolute Gasteiger partial charge is 0.335 e. The van der Waals surface area contributed by atoms with Crippen LogP contribution in [-0.4, -0.2) is 10.2 Å². The Kier molecular flexibility index (Phi) is 3.76. The van der Waals surface area contributed by atoms with Gasteiger partial charge in [0.15, 0.2) is 5.82 Å². The molecular weight excluding hydrogens is 311 g/mol. The highest BCUT2D eigenvalue weighted by Crippen LogP contribution is 2.25. The smallest absolute Gasteiger partial charge is 0.171 e. The van der Waals surface area contributed by atoms with Gasteiger partial charge in [-0.25, -0.2) is 4.39 Å². The van der Waals surface area contributed by atoms with Gasteiger partial charge >= 0.3 is 0 Å². The molecule has 1 aromatic carbocycles. The van der Waals surface area contributed by atoms with Crippen molar-refractivity contribution in [1.29, 1.82) is 5.26 Å². The van der Waals surface area contributed by atoms with Crippen molar-refractivity contribution in [2.75, 3.05) is 5.32 Å². The van der Waals surface area contributed by atoms with E-state index in [4.69, 9.17) is 5.26 Å². The van der Waals surface area contributed by atoms with E-state index in [9.17, 15) is 4.39 Å². The number of hydrogen-bond donors (Lipinski definition) is 1. The normalized spacial score (nSPS) is 10.1. The van der Waals surface area contributed by atoms with Gasteiger partial charge in [0.2, 0.25) is 0 Å². The van der Waals surface area contributed by atoms with Crippen molar-refractivity contribution in [3.05, 3.63) is 45.3 Å². The summed E-state index contributed by atoms with van der Waals surface area (Å²) in [4.78, 5) is 0. The average Bonchev–Trinajstić information content (AvgIpc) is 2.38. The lowest BCUT2D eigenvalue weighted by molar-refractivity contribution is 0.631. The van der Waals surface area contributed by atoms with Crippen molar-refractivity contribution in [2.45, 2.75) is 13.8 Å². The summed E-state index contributed by atoms with van der Waals surface area (Å²) in [6, 6.07) is 6.56. The molecule has 0 bridgehead atoms. The molecule has 2 aromatic rings. The SMILES string of the molecule is Cc1nnc(Nc2cc(Br)ccc2F)c(C#N)c1C. The topological polar surface area (TPSA) is 61.6 Å². The Hall–Kier alpha value is -2.00. The number of hydrogen-bond acceptors (Lipinski definition) is 4. The van der Waals surface area contributed by atoms with Crippen LogP contribution in [0.3, 0.4) is 0 Å². The molecule has 0 spiro atoms. The molecule has 96 valence electrons. The lowest BCUT2D eigenvalue weighted by atomic mass is 10.1. The quantitative estimate of drug-likeness (QED) is 0.918. The number of nitriles is 1. The van der Waals surface area contributed by atoms with Crippen LogP contribution in [0.1, 0.15) is 16.8 Å². The molecule has 4 nitrogen and oxygen atoms in total. The molecule has 19 heavy (non-hydrogen) atoms. The monoisotopic (exact) mass is 320 g/mol. The van der Waals surface area contributed by atoms with Crippen LogP contribution in [-0.2, 0) is 0 Å². The number of aryl methyl sites for hydroxylation is 1. The third kappa shape index (κ3) is 2.71. The van der Waals surface area contributed by atoms with Crippen molar-refractivity contribution in [3.8, 4) is 6.07 Å². The van der Waals surface area contributed by atoms with Crippen LogP contribution >= 0.6 is 15.9 Å². The summed E-state index contributed by atoms with van der Waals surface area (Å²) >= 11 is 3.26. The van der Waals surface area contributed by atoms with Gasteiger partial charge in [-0.3, -0.25) is 0 Å². The second-order valence-electron chi connectivity index (χ2n) is 3.99. The van der Waals surface area contributed by atoms with E-state index < -0.39 is 5.82 Å². The highest BCUT2D eigenvalue weighted by atomic mass is 79.9. The van der Waals surface area contributed by atoms with E-state index >= 15 is 0 Å². The average molecular weight is 321 g/mol. The maximum Gasteiger partial charge on any atom is 0.171 e. The van der Waals surface area contributed by atoms with E-state index in [0.717, 1.165) is 10.0 Å². The van der Waals surface area contributed by atoms with Crippen molar-refractivity contribution >= 4 is 27.4 Å². The summed E-state index contributed by atoms with van der Waals surface area (Å²) in [5.41, 5.74) is 2.02. The predicted molar refractivity (Wildman–Crippen MR) is 73.6 cm³/mol. The minimum absolute atomic E-state index is 0.239. The molecule has 0 atom stereocenters. The zero-order valence-electron chi connectivity index (χ0n) is 10.3. The first-order chi connectivity index (χ1) is 9.02. The van der Waals surface area contributed by atoms with Crippen LogP contribution in [0.15, 0.2) is 22.7 Å². The summed E-state index contributed by atoms with van der Waals surface area (Å²) in [7, 11) is 0. The third-order valence-corrected chi connectivity index (χ3v) is 3.24. The summed E-state index contributed by atoms with van der Waals surface area (Å²) in [5, 5.41) is 19.8. The van der Waals surface area contributed by atoms with Crippen LogP contribution in [0.2, 0.25) is 0 Å². The summed E-state index contributed by atoms with van der Waals surface area (Å²) < 4.78 is 14.4. The van der Waals surface area contributed by atoms with Gasteiger partial charge in [0.25, 0.3) is 0 Å². The molecule has 1 aromatic heterocycles. The molecule has 0 saturated heterocycles. The molecule has 0 unspecified atom stereocenters. The molecule has 1 heterocycles. The van der Waals surface area contributed by atoms with Gasteiger partial charge in [0, 0.05) is 4.47 Å². The number of halogens is 2. The molecule has 2 rings (SSSR count). The van der Waals surface area contributed by atoms with Gasteiger partial charge in [-0.15, -0.1) is 5.10 Å². The van der Waals surface area contributed by atoms with Gasteiger partial charge in [-0.05, 0) is 37.6 Å². The minimum atomic E-state index is -0.424. The van der Waals surface area contributed by atoms with Gasteiger partial charge < -0.3 is 5.32 Å². The van der Waals surface area contributed by atoms with E-state index in [1.807, 2.05) is 0 Å². The van der Waals surface area contributed by atoms with E-state index in [0.29, 0.717) is 11.3 Å². The van der Waals surface area contributed by atoms with Crippen LogP contribution in [0.25, 0.3) is 0 Å². The molecule has 0 saturated carbocycles. The number of nitrogens with zero attached hydrogens (tertiary/aromatic N) is 3. The molecule has 0 fully saturated rings. The van der Waals surface area contributed by atoms with Crippen molar-refractivity contribution in [2.24, 2.45) is 0 Å². The van der Waals surface area contributed by atoms with Gasteiger partial charge in [-0.2, -0.15) is 10.4 Å². The minimum Gasteiger partial charge on any atom is -0.335 e. The van der Waals surface area contributed by atoms with Crippen LogP contribution < -0.4 is 5.32 Å². The Bertz CT molecular complexity index is 679. The van der Waals surface area contributed by atoms with E-state index in [1.165, 1.54) is 6.07 Å². The Labute approximate surface area is 118 Å².